The van der Waals surface area contributed by atoms with Gasteiger partial charge in [-0.25, -0.2) is 0 Å². The lowest BCUT2D eigenvalue weighted by atomic mass is 9.76. The van der Waals surface area contributed by atoms with Gasteiger partial charge in [-0.2, -0.15) is 21.6 Å². The number of fused-ring (bicyclic) bond motifs is 2. The van der Waals surface area contributed by atoms with Gasteiger partial charge in [0.1, 0.15) is 12.4 Å². The fourth-order valence-corrected chi connectivity index (χ4v) is 4.68. The molecule has 1 aliphatic heterocycles. The van der Waals surface area contributed by atoms with Crippen molar-refractivity contribution in [1.29, 1.82) is 0 Å². The molecule has 0 fully saturated rings. The number of aromatic hydroxyl groups is 1. The topological polar surface area (TPSA) is 96.3 Å². The second-order valence-electron chi connectivity index (χ2n) is 7.46. The predicted octanol–water partition coefficient (Wildman–Crippen LogP) is 2.74. The average molecular weight is 459 g/mol. The number of halogens is 3. The van der Waals surface area contributed by atoms with E-state index in [-0.39, 0.29) is 24.8 Å². The van der Waals surface area contributed by atoms with Crippen molar-refractivity contribution >= 4 is 10.1 Å². The van der Waals surface area contributed by atoms with Gasteiger partial charge in [0.2, 0.25) is 0 Å². The summed E-state index contributed by atoms with van der Waals surface area (Å²) in [5.74, 6) is -1.19. The summed E-state index contributed by atoms with van der Waals surface area (Å²) in [7, 11) is -4.00. The van der Waals surface area contributed by atoms with Crippen molar-refractivity contribution in [3.63, 3.8) is 0 Å². The van der Waals surface area contributed by atoms with Crippen LogP contribution < -0.4 is 8.92 Å². The number of hydrogen-bond acceptors (Lipinski definition) is 7. The van der Waals surface area contributed by atoms with E-state index < -0.39 is 27.1 Å². The van der Waals surface area contributed by atoms with Crippen LogP contribution in [-0.4, -0.2) is 55.8 Å². The molecule has 2 aliphatic rings. The van der Waals surface area contributed by atoms with Gasteiger partial charge in [0.25, 0.3) is 0 Å². The lowest BCUT2D eigenvalue weighted by molar-refractivity contribution is -0.0500. The van der Waals surface area contributed by atoms with Gasteiger partial charge in [0.05, 0.1) is 6.61 Å². The zero-order valence-corrected chi connectivity index (χ0v) is 17.3. The normalized spacial score (nSPS) is 18.3. The molecule has 1 aliphatic carbocycles. The molecule has 0 bridgehead atoms. The number of nitrogens with zero attached hydrogens (tertiary/aromatic N) is 1. The number of ether oxygens (including phenoxy) is 1. The van der Waals surface area contributed by atoms with E-state index in [1.807, 2.05) is 13.1 Å². The number of rotatable bonds is 5. The average Bonchev–Trinajstić information content (AvgIpc) is 2.70. The number of alkyl halides is 3. The van der Waals surface area contributed by atoms with Crippen LogP contribution in [0.2, 0.25) is 0 Å². The zero-order valence-electron chi connectivity index (χ0n) is 16.4. The SMILES string of the molecule is CN1CCc2ccc(OCCO)c3c2C1Cc1ccc(OS(=O)(=O)C(F)(F)F)c(O)c1-3. The molecule has 0 saturated heterocycles. The number of aliphatic hydroxyl groups is 1. The summed E-state index contributed by atoms with van der Waals surface area (Å²) in [6, 6.07) is 5.99. The van der Waals surface area contributed by atoms with Crippen LogP contribution in [0.3, 0.4) is 0 Å². The summed E-state index contributed by atoms with van der Waals surface area (Å²) in [4.78, 5) is 2.14. The van der Waals surface area contributed by atoms with Gasteiger partial charge in [0.15, 0.2) is 11.5 Å². The molecule has 31 heavy (non-hydrogen) atoms. The predicted molar refractivity (Wildman–Crippen MR) is 105 cm³/mol. The van der Waals surface area contributed by atoms with Gasteiger partial charge in [0, 0.05) is 23.7 Å². The summed E-state index contributed by atoms with van der Waals surface area (Å²) >= 11 is 0. The molecule has 1 atom stereocenters. The lowest BCUT2D eigenvalue weighted by Gasteiger charge is -2.40. The van der Waals surface area contributed by atoms with Crippen molar-refractivity contribution in [1.82, 2.24) is 4.90 Å². The minimum absolute atomic E-state index is 0.0268. The van der Waals surface area contributed by atoms with Crippen LogP contribution in [0.5, 0.6) is 17.2 Å². The molecular formula is C20H20F3NO6S. The molecule has 0 radical (unpaired) electrons. The highest BCUT2D eigenvalue weighted by molar-refractivity contribution is 7.88. The number of phenols is 1. The highest BCUT2D eigenvalue weighted by Gasteiger charge is 2.49. The number of likely N-dealkylation sites (N-methyl/N-ethyl adjacent to an activating group) is 1. The van der Waals surface area contributed by atoms with E-state index in [0.717, 1.165) is 30.2 Å². The van der Waals surface area contributed by atoms with Crippen LogP contribution in [0, 0.1) is 0 Å². The molecule has 7 nitrogen and oxygen atoms in total. The van der Waals surface area contributed by atoms with E-state index in [9.17, 15) is 26.7 Å². The van der Waals surface area contributed by atoms with E-state index in [1.165, 1.54) is 6.07 Å². The largest absolute Gasteiger partial charge is 0.534 e. The molecular weight excluding hydrogens is 439 g/mol. The fourth-order valence-electron chi connectivity index (χ4n) is 4.21. The summed E-state index contributed by atoms with van der Waals surface area (Å²) in [6.45, 7) is 0.521. The molecule has 168 valence electrons. The third-order valence-electron chi connectivity index (χ3n) is 5.62. The number of phenolic OH excluding ortho intramolecular Hbond substituents is 1. The first-order chi connectivity index (χ1) is 14.5. The molecule has 0 spiro atoms. The third kappa shape index (κ3) is 3.60. The van der Waals surface area contributed by atoms with Crippen molar-refractivity contribution in [2.75, 3.05) is 26.8 Å². The quantitative estimate of drug-likeness (QED) is 0.524. The Morgan fingerprint density at radius 1 is 1.13 bits per heavy atom. The van der Waals surface area contributed by atoms with Gasteiger partial charge >= 0.3 is 15.6 Å². The first-order valence-electron chi connectivity index (χ1n) is 9.50. The first kappa shape index (κ1) is 21.7. The molecule has 4 rings (SSSR count). The second kappa shape index (κ2) is 7.57. The monoisotopic (exact) mass is 459 g/mol. The summed E-state index contributed by atoms with van der Waals surface area (Å²) in [5, 5.41) is 20.0. The molecule has 2 N–H and O–H groups in total. The van der Waals surface area contributed by atoms with Crippen molar-refractivity contribution in [2.24, 2.45) is 0 Å². The van der Waals surface area contributed by atoms with Crippen LogP contribution in [0.1, 0.15) is 22.7 Å². The smallest absolute Gasteiger partial charge is 0.504 e. The van der Waals surface area contributed by atoms with Crippen molar-refractivity contribution < 1.29 is 40.7 Å². The molecule has 2 aromatic rings. The van der Waals surface area contributed by atoms with Gasteiger partial charge in [-0.1, -0.05) is 12.1 Å². The van der Waals surface area contributed by atoms with Crippen molar-refractivity contribution in [3.05, 3.63) is 41.0 Å². The number of hydrogen-bond donors (Lipinski definition) is 2. The number of aliphatic hydroxyl groups excluding tert-OH is 1. The molecule has 0 aromatic heterocycles. The van der Waals surface area contributed by atoms with Crippen molar-refractivity contribution in [3.8, 4) is 28.4 Å². The first-order valence-corrected chi connectivity index (χ1v) is 10.9. The lowest BCUT2D eigenvalue weighted by Crippen LogP contribution is -2.35. The van der Waals surface area contributed by atoms with Gasteiger partial charge in [-0.3, -0.25) is 4.90 Å². The zero-order chi connectivity index (χ0) is 22.6. The van der Waals surface area contributed by atoms with E-state index in [2.05, 4.69) is 9.08 Å². The van der Waals surface area contributed by atoms with Gasteiger partial charge < -0.3 is 19.1 Å². The Morgan fingerprint density at radius 3 is 2.48 bits per heavy atom. The Balaban J connectivity index is 1.92. The van der Waals surface area contributed by atoms with E-state index in [0.29, 0.717) is 23.3 Å². The Kier molecular flexibility index (Phi) is 5.31. The molecule has 1 heterocycles. The van der Waals surface area contributed by atoms with E-state index in [4.69, 9.17) is 9.84 Å². The van der Waals surface area contributed by atoms with E-state index >= 15 is 0 Å². The Morgan fingerprint density at radius 2 is 1.81 bits per heavy atom. The van der Waals surface area contributed by atoms with Crippen LogP contribution in [0.15, 0.2) is 24.3 Å². The summed E-state index contributed by atoms with van der Waals surface area (Å²) in [6.07, 6.45) is 1.19. The maximum Gasteiger partial charge on any atom is 0.534 e. The minimum atomic E-state index is -5.96. The Labute approximate surface area is 176 Å². The Hall–Kier alpha value is -2.50. The van der Waals surface area contributed by atoms with Crippen LogP contribution in [0.25, 0.3) is 11.1 Å². The standard InChI is InChI=1S/C20H20F3NO6S/c1-24-7-6-11-2-4-14(29-9-8-25)18-16(11)13(24)10-12-3-5-15(19(26)17(12)18)30-31(27,28)20(21,22)23/h2-5,13,25-26H,6-10H2,1H3. The third-order valence-corrected chi connectivity index (χ3v) is 6.58. The van der Waals surface area contributed by atoms with Gasteiger partial charge in [-0.15, -0.1) is 0 Å². The maximum absolute atomic E-state index is 12.8. The number of benzene rings is 2. The minimum Gasteiger partial charge on any atom is -0.504 e. The van der Waals surface area contributed by atoms with Crippen LogP contribution >= 0.6 is 0 Å². The maximum atomic E-state index is 12.8. The fraction of sp³-hybridized carbons (Fsp3) is 0.400. The molecule has 11 heteroatoms. The molecule has 1 unspecified atom stereocenters. The summed E-state index contributed by atoms with van der Waals surface area (Å²) in [5.41, 5.74) is -2.50. The molecule has 0 saturated carbocycles. The Bertz CT molecular complexity index is 1130. The van der Waals surface area contributed by atoms with Crippen molar-refractivity contribution in [2.45, 2.75) is 24.4 Å². The van der Waals surface area contributed by atoms with Crippen LogP contribution in [0.4, 0.5) is 13.2 Å². The molecule has 2 aromatic carbocycles. The molecule has 0 amide bonds. The highest BCUT2D eigenvalue weighted by atomic mass is 32.2. The van der Waals surface area contributed by atoms with E-state index in [1.54, 1.807) is 6.07 Å². The highest BCUT2D eigenvalue weighted by Crippen LogP contribution is 2.54. The van der Waals surface area contributed by atoms with Gasteiger partial charge in [-0.05, 0) is 48.7 Å². The van der Waals surface area contributed by atoms with Crippen LogP contribution in [-0.2, 0) is 23.0 Å². The second-order valence-corrected chi connectivity index (χ2v) is 9.00. The summed E-state index contributed by atoms with van der Waals surface area (Å²) < 4.78 is 71.2.